The van der Waals surface area contributed by atoms with Crippen LogP contribution >= 0.6 is 27.3 Å². The summed E-state index contributed by atoms with van der Waals surface area (Å²) in [4.78, 5) is 27.6. The maximum Gasteiger partial charge on any atom is 0.336 e. The topological polar surface area (TPSA) is 73.9 Å². The Labute approximate surface area is 199 Å². The number of nitrogens with one attached hydrogen (secondary N) is 1. The zero-order valence-electron chi connectivity index (χ0n) is 18.3. The standard InChI is InChI=1S/C24H24BrNO5S/c1-12-21(24(28)31-4)22(14-10-18(29-2)19(30-3)11-15(14)25)23-16(26-12)8-13(9-17(23)27)20-6-5-7-32-20/h5-7,10-11,13,22,26H,8-9H2,1-4H3/t13-,22+/m1/s1. The lowest BCUT2D eigenvalue weighted by Gasteiger charge is -2.36. The lowest BCUT2D eigenvalue weighted by atomic mass is 9.72. The van der Waals surface area contributed by atoms with Gasteiger partial charge in [-0.15, -0.1) is 11.3 Å². The number of benzene rings is 1. The number of dihydropyridines is 1. The third kappa shape index (κ3) is 3.86. The number of methoxy groups -OCH3 is 3. The van der Waals surface area contributed by atoms with Crippen LogP contribution in [0.15, 0.2) is 56.7 Å². The molecule has 1 aromatic heterocycles. The second-order valence-electron chi connectivity index (χ2n) is 7.75. The van der Waals surface area contributed by atoms with Crippen molar-refractivity contribution in [1.82, 2.24) is 5.32 Å². The second-order valence-corrected chi connectivity index (χ2v) is 9.59. The van der Waals surface area contributed by atoms with Crippen molar-refractivity contribution < 1.29 is 23.8 Å². The van der Waals surface area contributed by atoms with Gasteiger partial charge in [-0.25, -0.2) is 4.79 Å². The van der Waals surface area contributed by atoms with Crippen LogP contribution in [0.2, 0.25) is 0 Å². The van der Waals surface area contributed by atoms with E-state index in [1.54, 1.807) is 31.6 Å². The minimum atomic E-state index is -0.579. The number of carbonyl (C=O) groups is 2. The average Bonchev–Trinajstić information content (AvgIpc) is 3.32. The highest BCUT2D eigenvalue weighted by Crippen LogP contribution is 2.49. The van der Waals surface area contributed by atoms with E-state index in [4.69, 9.17) is 14.2 Å². The molecule has 2 aromatic rings. The fraction of sp³-hybridized carbons (Fsp3) is 0.333. The monoisotopic (exact) mass is 517 g/mol. The van der Waals surface area contributed by atoms with Gasteiger partial charge in [-0.2, -0.15) is 0 Å². The normalized spacial score (nSPS) is 20.6. The van der Waals surface area contributed by atoms with Crippen molar-refractivity contribution in [2.24, 2.45) is 0 Å². The van der Waals surface area contributed by atoms with Crippen molar-refractivity contribution in [2.75, 3.05) is 21.3 Å². The van der Waals surface area contributed by atoms with Crippen LogP contribution in [-0.2, 0) is 14.3 Å². The van der Waals surface area contributed by atoms with Gasteiger partial charge in [0, 0.05) is 44.6 Å². The number of rotatable bonds is 5. The number of hydrogen-bond donors (Lipinski definition) is 1. The molecule has 2 aliphatic rings. The molecule has 0 fully saturated rings. The highest BCUT2D eigenvalue weighted by molar-refractivity contribution is 9.10. The maximum absolute atomic E-state index is 13.5. The van der Waals surface area contributed by atoms with Crippen LogP contribution < -0.4 is 14.8 Å². The van der Waals surface area contributed by atoms with E-state index in [1.165, 1.54) is 12.0 Å². The molecule has 1 aromatic carbocycles. The second kappa shape index (κ2) is 9.11. The molecule has 0 spiro atoms. The highest BCUT2D eigenvalue weighted by atomic mass is 79.9. The van der Waals surface area contributed by atoms with Crippen LogP contribution in [-0.4, -0.2) is 33.1 Å². The van der Waals surface area contributed by atoms with E-state index in [9.17, 15) is 9.59 Å². The molecule has 0 saturated heterocycles. The van der Waals surface area contributed by atoms with Gasteiger partial charge >= 0.3 is 5.97 Å². The first kappa shape index (κ1) is 22.6. The van der Waals surface area contributed by atoms with Crippen molar-refractivity contribution >= 4 is 39.0 Å². The van der Waals surface area contributed by atoms with Crippen molar-refractivity contribution in [3.63, 3.8) is 0 Å². The average molecular weight is 518 g/mol. The van der Waals surface area contributed by atoms with Crippen molar-refractivity contribution in [1.29, 1.82) is 0 Å². The van der Waals surface area contributed by atoms with Crippen LogP contribution in [0.1, 0.15) is 42.0 Å². The van der Waals surface area contributed by atoms with E-state index in [-0.39, 0.29) is 11.7 Å². The lowest BCUT2D eigenvalue weighted by Crippen LogP contribution is -2.36. The molecular weight excluding hydrogens is 494 g/mol. The van der Waals surface area contributed by atoms with E-state index in [0.29, 0.717) is 41.2 Å². The summed E-state index contributed by atoms with van der Waals surface area (Å²) in [6.45, 7) is 1.84. The molecule has 1 aliphatic heterocycles. The predicted molar refractivity (Wildman–Crippen MR) is 126 cm³/mol. The molecule has 0 bridgehead atoms. The SMILES string of the molecule is COC(=O)C1=C(C)NC2=C(C(=O)C[C@H](c3cccs3)C2)[C@H]1c1cc(OC)c(OC)cc1Br. The molecule has 32 heavy (non-hydrogen) atoms. The first-order valence-electron chi connectivity index (χ1n) is 10.2. The van der Waals surface area contributed by atoms with Gasteiger partial charge in [0.15, 0.2) is 17.3 Å². The summed E-state index contributed by atoms with van der Waals surface area (Å²) in [6.07, 6.45) is 1.10. The first-order valence-corrected chi connectivity index (χ1v) is 11.8. The number of Topliss-reactive ketones (excluding diaryl/α,β-unsaturated/α-hetero) is 1. The van der Waals surface area contributed by atoms with Crippen LogP contribution in [0.25, 0.3) is 0 Å². The first-order chi connectivity index (χ1) is 15.4. The minimum absolute atomic E-state index is 0.0257. The number of halogens is 1. The number of ketones is 1. The molecule has 6 nitrogen and oxygen atoms in total. The summed E-state index contributed by atoms with van der Waals surface area (Å²) < 4.78 is 16.7. The Kier molecular flexibility index (Phi) is 6.44. The van der Waals surface area contributed by atoms with Gasteiger partial charge in [0.25, 0.3) is 0 Å². The molecule has 1 N–H and O–H groups in total. The van der Waals surface area contributed by atoms with E-state index in [0.717, 1.165) is 15.7 Å². The fourth-order valence-corrected chi connectivity index (χ4v) is 5.93. The molecule has 1 aliphatic carbocycles. The molecule has 2 atom stereocenters. The number of carbonyl (C=O) groups excluding carboxylic acids is 2. The number of allylic oxidation sites excluding steroid dienone is 3. The van der Waals surface area contributed by atoms with Gasteiger partial charge in [-0.3, -0.25) is 4.79 Å². The zero-order chi connectivity index (χ0) is 23.0. The minimum Gasteiger partial charge on any atom is -0.493 e. The van der Waals surface area contributed by atoms with Crippen LogP contribution in [0.5, 0.6) is 11.5 Å². The quantitative estimate of drug-likeness (QED) is 0.558. The fourth-order valence-electron chi connectivity index (χ4n) is 4.55. The van der Waals surface area contributed by atoms with Gasteiger partial charge in [-0.05, 0) is 42.5 Å². The van der Waals surface area contributed by atoms with Gasteiger partial charge in [0.2, 0.25) is 0 Å². The van der Waals surface area contributed by atoms with E-state index < -0.39 is 11.9 Å². The number of esters is 1. The molecule has 0 saturated carbocycles. The summed E-state index contributed by atoms with van der Waals surface area (Å²) in [5.74, 6) is 0.173. The third-order valence-corrected chi connectivity index (χ3v) is 7.71. The molecule has 0 amide bonds. The Morgan fingerprint density at radius 1 is 1.16 bits per heavy atom. The molecule has 8 heteroatoms. The summed E-state index contributed by atoms with van der Waals surface area (Å²) in [5.41, 5.74) is 3.32. The Morgan fingerprint density at radius 2 is 1.88 bits per heavy atom. The predicted octanol–water partition coefficient (Wildman–Crippen LogP) is 5.06. The van der Waals surface area contributed by atoms with Gasteiger partial charge in [-0.1, -0.05) is 22.0 Å². The summed E-state index contributed by atoms with van der Waals surface area (Å²) in [5, 5.41) is 5.38. The Bertz CT molecular complexity index is 1140. The van der Waals surface area contributed by atoms with Gasteiger partial charge < -0.3 is 19.5 Å². The van der Waals surface area contributed by atoms with E-state index >= 15 is 0 Å². The largest absolute Gasteiger partial charge is 0.493 e. The Morgan fingerprint density at radius 3 is 2.50 bits per heavy atom. The van der Waals surface area contributed by atoms with Crippen LogP contribution in [0.4, 0.5) is 0 Å². The molecule has 2 heterocycles. The molecule has 168 valence electrons. The lowest BCUT2D eigenvalue weighted by molar-refractivity contribution is -0.136. The molecule has 4 rings (SSSR count). The van der Waals surface area contributed by atoms with Crippen LogP contribution in [0, 0.1) is 0 Å². The Balaban J connectivity index is 1.89. The summed E-state index contributed by atoms with van der Waals surface area (Å²) in [7, 11) is 4.47. The van der Waals surface area contributed by atoms with Gasteiger partial charge in [0.1, 0.15) is 0 Å². The van der Waals surface area contributed by atoms with Crippen molar-refractivity contribution in [3.8, 4) is 11.5 Å². The van der Waals surface area contributed by atoms with Crippen molar-refractivity contribution in [3.05, 3.63) is 67.1 Å². The third-order valence-electron chi connectivity index (χ3n) is 5.99. The maximum atomic E-state index is 13.5. The zero-order valence-corrected chi connectivity index (χ0v) is 20.7. The van der Waals surface area contributed by atoms with E-state index in [1.807, 2.05) is 24.4 Å². The molecule has 0 radical (unpaired) electrons. The van der Waals surface area contributed by atoms with E-state index in [2.05, 4.69) is 27.3 Å². The summed E-state index contributed by atoms with van der Waals surface area (Å²) >= 11 is 5.29. The summed E-state index contributed by atoms with van der Waals surface area (Å²) in [6, 6.07) is 7.69. The van der Waals surface area contributed by atoms with Crippen LogP contribution in [0.3, 0.4) is 0 Å². The number of hydrogen-bond acceptors (Lipinski definition) is 7. The highest BCUT2D eigenvalue weighted by Gasteiger charge is 2.42. The molecule has 0 unspecified atom stereocenters. The smallest absolute Gasteiger partial charge is 0.336 e. The number of thiophene rings is 1. The number of ether oxygens (including phenoxy) is 3. The van der Waals surface area contributed by atoms with Crippen molar-refractivity contribution in [2.45, 2.75) is 31.6 Å². The Hall–Kier alpha value is -2.58. The van der Waals surface area contributed by atoms with Gasteiger partial charge in [0.05, 0.1) is 26.9 Å². The molecular formula is C24H24BrNO5S.